The van der Waals surface area contributed by atoms with Crippen molar-refractivity contribution in [2.24, 2.45) is 0 Å². The van der Waals surface area contributed by atoms with Crippen molar-refractivity contribution in [2.45, 2.75) is 0 Å². The van der Waals surface area contributed by atoms with Gasteiger partial charge in [-0.05, 0) is 0 Å². The summed E-state index contributed by atoms with van der Waals surface area (Å²) in [7, 11) is -4.12. The molecule has 0 heterocycles. The summed E-state index contributed by atoms with van der Waals surface area (Å²) in [5.74, 6) is 0. The van der Waals surface area contributed by atoms with E-state index in [4.69, 9.17) is 0 Å². The zero-order valence-corrected chi connectivity index (χ0v) is 8.74. The van der Waals surface area contributed by atoms with Gasteiger partial charge < -0.3 is 13.9 Å². The van der Waals surface area contributed by atoms with Crippen molar-refractivity contribution in [3.63, 3.8) is 0 Å². The van der Waals surface area contributed by atoms with Gasteiger partial charge in [-0.25, -0.2) is 0 Å². The fourth-order valence-corrected chi connectivity index (χ4v) is 0.976. The Morgan fingerprint density at radius 3 is 1.83 bits per heavy atom. The zero-order chi connectivity index (χ0) is 8.74. The Balaban J connectivity index is 0. The van der Waals surface area contributed by atoms with E-state index in [9.17, 15) is 9.46 Å². The molecule has 0 saturated carbocycles. The van der Waals surface area contributed by atoms with Crippen molar-refractivity contribution in [1.29, 1.82) is 0 Å². The molecule has 0 aromatic carbocycles. The van der Waals surface area contributed by atoms with Gasteiger partial charge in [0.05, 0.1) is 13.2 Å². The quantitative estimate of drug-likeness (QED) is 0.412. The van der Waals surface area contributed by atoms with E-state index in [0.29, 0.717) is 0 Å². The first kappa shape index (κ1) is 14.8. The van der Waals surface area contributed by atoms with Crippen molar-refractivity contribution in [2.75, 3.05) is 13.2 Å². The number of phosphoric ester groups is 1. The van der Waals surface area contributed by atoms with E-state index in [1.165, 1.54) is 12.2 Å². The van der Waals surface area contributed by atoms with Crippen molar-refractivity contribution < 1.29 is 40.9 Å². The molecule has 0 fully saturated rings. The molecule has 0 aromatic heterocycles. The minimum atomic E-state index is -4.12. The van der Waals surface area contributed by atoms with Gasteiger partial charge in [0.15, 0.2) is 0 Å². The average molecular weight is 285 g/mol. The molecule has 0 rings (SSSR count). The van der Waals surface area contributed by atoms with Crippen LogP contribution in [0, 0.1) is 0 Å². The maximum absolute atomic E-state index is 10.6. The summed E-state index contributed by atoms with van der Waals surface area (Å²) in [4.78, 5) is 10.6. The minimum absolute atomic E-state index is 0. The van der Waals surface area contributed by atoms with Gasteiger partial charge in [-0.1, -0.05) is 12.2 Å². The van der Waals surface area contributed by atoms with Gasteiger partial charge in [-0.3, -0.25) is 4.57 Å². The molecule has 0 unspecified atom stereocenters. The number of rotatable bonds is 6. The van der Waals surface area contributed by atoms with Gasteiger partial charge in [0.2, 0.25) is 0 Å². The summed E-state index contributed by atoms with van der Waals surface area (Å²) >= 11 is 0. The number of phosphoric acid groups is 1. The monoisotopic (exact) mass is 284 g/mol. The first-order valence-electron chi connectivity index (χ1n) is 2.94. The van der Waals surface area contributed by atoms with Gasteiger partial charge in [0, 0.05) is 0 Å². The molecule has 0 N–H and O–H groups in total. The summed E-state index contributed by atoms with van der Waals surface area (Å²) < 4.78 is 19.2. The predicted molar refractivity (Wildman–Crippen MR) is 39.9 cm³/mol. The average Bonchev–Trinajstić information content (AvgIpc) is 1.97. The van der Waals surface area contributed by atoms with Crippen molar-refractivity contribution in [1.82, 2.24) is 0 Å². The molecule has 0 spiro atoms. The van der Waals surface area contributed by atoms with Gasteiger partial charge >= 0.3 is 22.4 Å². The van der Waals surface area contributed by atoms with Gasteiger partial charge in [0.25, 0.3) is 7.82 Å². The van der Waals surface area contributed by atoms with Crippen LogP contribution in [-0.2, 0) is 36.0 Å². The normalized spacial score (nSPS) is 10.1. The number of hydrogen-bond donors (Lipinski definition) is 0. The van der Waals surface area contributed by atoms with E-state index < -0.39 is 7.82 Å². The Kier molecular flexibility index (Phi) is 9.83. The van der Waals surface area contributed by atoms with Crippen LogP contribution in [0.15, 0.2) is 25.3 Å². The fraction of sp³-hybridized carbons (Fsp3) is 0.333. The molecule has 74 valence electrons. The van der Waals surface area contributed by atoms with Gasteiger partial charge in [-0.15, -0.1) is 13.2 Å². The molecule has 0 aromatic rings. The third kappa shape index (κ3) is 8.43. The van der Waals surface area contributed by atoms with Crippen LogP contribution in [0.3, 0.4) is 0 Å². The van der Waals surface area contributed by atoms with Crippen LogP contribution in [-0.4, -0.2) is 13.2 Å². The number of hydrogen-bond acceptors (Lipinski definition) is 4. The third-order valence-corrected chi connectivity index (χ3v) is 1.63. The van der Waals surface area contributed by atoms with E-state index in [-0.39, 0.29) is 35.6 Å². The van der Waals surface area contributed by atoms with Crippen LogP contribution in [0.4, 0.5) is 0 Å². The summed E-state index contributed by atoms with van der Waals surface area (Å²) in [6.07, 6.45) is 2.64. The Bertz CT molecular complexity index is 166. The second kappa shape index (κ2) is 7.95. The SMILES string of the molecule is C=CCOP(=O)([O-])OCC=C.[Ag+]. The van der Waals surface area contributed by atoms with Gasteiger partial charge in [-0.2, -0.15) is 0 Å². The summed E-state index contributed by atoms with van der Waals surface area (Å²) in [5, 5.41) is 0. The summed E-state index contributed by atoms with van der Waals surface area (Å²) in [6.45, 7) is 6.42. The molecule has 0 atom stereocenters. The first-order chi connectivity index (χ1) is 5.12. The minimum Gasteiger partial charge on any atom is -0.756 e. The maximum atomic E-state index is 10.6. The van der Waals surface area contributed by atoms with E-state index in [1.807, 2.05) is 0 Å². The van der Waals surface area contributed by atoms with E-state index >= 15 is 0 Å². The smallest absolute Gasteiger partial charge is 0.756 e. The molecule has 6 heteroatoms. The van der Waals surface area contributed by atoms with Crippen LogP contribution < -0.4 is 4.89 Å². The molecule has 0 aliphatic carbocycles. The second-order valence-corrected chi connectivity index (χ2v) is 3.03. The Morgan fingerprint density at radius 1 is 1.25 bits per heavy atom. The molecule has 0 aliphatic rings. The van der Waals surface area contributed by atoms with Crippen LogP contribution in [0.5, 0.6) is 0 Å². The standard InChI is InChI=1S/C6H11O4P.Ag/c1-3-5-9-11(7,8)10-6-4-2;/h3-4H,1-2,5-6H2,(H,7,8);/q;+1/p-1. The zero-order valence-electron chi connectivity index (χ0n) is 6.36. The van der Waals surface area contributed by atoms with Crippen molar-refractivity contribution in [3.8, 4) is 0 Å². The predicted octanol–water partition coefficient (Wildman–Crippen LogP) is 0.857. The topological polar surface area (TPSA) is 58.6 Å². The van der Waals surface area contributed by atoms with Crippen LogP contribution in [0.2, 0.25) is 0 Å². The molecule has 4 nitrogen and oxygen atoms in total. The molecule has 0 saturated heterocycles. The molecule has 12 heavy (non-hydrogen) atoms. The molecule has 0 aliphatic heterocycles. The van der Waals surface area contributed by atoms with Crippen molar-refractivity contribution >= 4 is 7.82 Å². The summed E-state index contributed by atoms with van der Waals surface area (Å²) in [5.41, 5.74) is 0. The second-order valence-electron chi connectivity index (χ2n) is 1.62. The molecular weight excluding hydrogens is 275 g/mol. The largest absolute Gasteiger partial charge is 1.00 e. The third-order valence-electron chi connectivity index (χ3n) is 0.701. The Morgan fingerprint density at radius 2 is 1.58 bits per heavy atom. The molecular formula is C6H10AgO4P. The van der Waals surface area contributed by atoms with E-state index in [0.717, 1.165) is 0 Å². The molecule has 0 radical (unpaired) electrons. The fourth-order valence-electron chi connectivity index (χ4n) is 0.325. The van der Waals surface area contributed by atoms with E-state index in [2.05, 4.69) is 22.2 Å². The molecule has 0 bridgehead atoms. The first-order valence-corrected chi connectivity index (χ1v) is 4.40. The molecule has 0 amide bonds. The van der Waals surface area contributed by atoms with Crippen LogP contribution in [0.1, 0.15) is 0 Å². The Labute approximate surface area is 87.4 Å². The van der Waals surface area contributed by atoms with Crippen molar-refractivity contribution in [3.05, 3.63) is 25.3 Å². The maximum Gasteiger partial charge on any atom is 1.00 e. The van der Waals surface area contributed by atoms with Crippen LogP contribution >= 0.6 is 7.82 Å². The van der Waals surface area contributed by atoms with Gasteiger partial charge in [0.1, 0.15) is 0 Å². The van der Waals surface area contributed by atoms with Crippen LogP contribution in [0.25, 0.3) is 0 Å². The Hall–Kier alpha value is 0.330. The summed E-state index contributed by atoms with van der Waals surface area (Å²) in [6, 6.07) is 0. The van der Waals surface area contributed by atoms with E-state index in [1.54, 1.807) is 0 Å².